The van der Waals surface area contributed by atoms with Crippen molar-refractivity contribution in [2.24, 2.45) is 0 Å². The zero-order valence-electron chi connectivity index (χ0n) is 11.2. The van der Waals surface area contributed by atoms with Crippen molar-refractivity contribution in [1.29, 1.82) is 0 Å². The quantitative estimate of drug-likeness (QED) is 0.754. The van der Waals surface area contributed by atoms with Gasteiger partial charge in [-0.1, -0.05) is 12.1 Å². The van der Waals surface area contributed by atoms with E-state index < -0.39 is 6.04 Å². The number of anilines is 1. The molecule has 1 aromatic carbocycles. The molecule has 0 spiro atoms. The lowest BCUT2D eigenvalue weighted by atomic mass is 10.1. The lowest BCUT2D eigenvalue weighted by Crippen LogP contribution is -2.42. The normalized spacial score (nSPS) is 17.6. The molecule has 1 heterocycles. The molecule has 0 aromatic heterocycles. The maximum Gasteiger partial charge on any atom is 0.254 e. The van der Waals surface area contributed by atoms with Crippen molar-refractivity contribution < 1.29 is 14.4 Å². The van der Waals surface area contributed by atoms with Crippen LogP contribution < -0.4 is 16.0 Å². The van der Waals surface area contributed by atoms with Crippen LogP contribution in [0.1, 0.15) is 30.1 Å². The first kappa shape index (κ1) is 14.0. The molecule has 3 N–H and O–H groups in total. The fraction of sp³-hybridized carbons (Fsp3) is 0.357. The summed E-state index contributed by atoms with van der Waals surface area (Å²) in [5.41, 5.74) is 0.928. The molecule has 0 saturated heterocycles. The zero-order valence-corrected chi connectivity index (χ0v) is 11.2. The molecule has 1 atom stereocenters. The van der Waals surface area contributed by atoms with Gasteiger partial charge in [-0.3, -0.25) is 14.4 Å². The van der Waals surface area contributed by atoms with E-state index in [1.165, 1.54) is 0 Å². The molecule has 20 heavy (non-hydrogen) atoms. The summed E-state index contributed by atoms with van der Waals surface area (Å²) in [6, 6.07) is 6.12. The molecule has 0 aliphatic carbocycles. The number of hydrogen-bond donors (Lipinski definition) is 3. The smallest absolute Gasteiger partial charge is 0.254 e. The van der Waals surface area contributed by atoms with E-state index in [1.54, 1.807) is 24.3 Å². The van der Waals surface area contributed by atoms with E-state index in [9.17, 15) is 14.4 Å². The van der Waals surface area contributed by atoms with Crippen LogP contribution in [0.3, 0.4) is 0 Å². The van der Waals surface area contributed by atoms with Crippen molar-refractivity contribution in [3.8, 4) is 0 Å². The highest BCUT2D eigenvalue weighted by Gasteiger charge is 2.27. The van der Waals surface area contributed by atoms with Crippen molar-refractivity contribution in [1.82, 2.24) is 10.6 Å². The molecule has 6 heteroatoms. The lowest BCUT2D eigenvalue weighted by molar-refractivity contribution is -0.121. The van der Waals surface area contributed by atoms with Crippen LogP contribution in [0.2, 0.25) is 0 Å². The Hall–Kier alpha value is -2.37. The SMILES string of the molecule is CCNC(=O)CCC1NC(=O)c2ccccc2NC1=O. The molecule has 1 unspecified atom stereocenters. The van der Waals surface area contributed by atoms with Crippen molar-refractivity contribution in [2.45, 2.75) is 25.8 Å². The number of carbonyl (C=O) groups is 3. The van der Waals surface area contributed by atoms with Crippen LogP contribution in [0.5, 0.6) is 0 Å². The van der Waals surface area contributed by atoms with Crippen molar-refractivity contribution in [3.05, 3.63) is 29.8 Å². The number of amides is 3. The summed E-state index contributed by atoms with van der Waals surface area (Å²) in [6.45, 7) is 2.38. The average Bonchev–Trinajstić information content (AvgIpc) is 2.55. The molecular formula is C14H17N3O3. The van der Waals surface area contributed by atoms with Gasteiger partial charge in [-0.2, -0.15) is 0 Å². The number of carbonyl (C=O) groups excluding carboxylic acids is 3. The minimum absolute atomic E-state index is 0.128. The Morgan fingerprint density at radius 1 is 1.30 bits per heavy atom. The monoisotopic (exact) mass is 275 g/mol. The van der Waals surface area contributed by atoms with Gasteiger partial charge in [0, 0.05) is 13.0 Å². The topological polar surface area (TPSA) is 87.3 Å². The molecule has 2 rings (SSSR count). The summed E-state index contributed by atoms with van der Waals surface area (Å²) in [4.78, 5) is 35.5. The average molecular weight is 275 g/mol. The van der Waals surface area contributed by atoms with E-state index in [0.29, 0.717) is 17.8 Å². The Bertz CT molecular complexity index is 542. The predicted octanol–water partition coefficient (Wildman–Crippen LogP) is 0.653. The molecule has 106 valence electrons. The van der Waals surface area contributed by atoms with Gasteiger partial charge in [0.15, 0.2) is 0 Å². The van der Waals surface area contributed by atoms with E-state index in [-0.39, 0.29) is 30.6 Å². The molecule has 1 aliphatic heterocycles. The summed E-state index contributed by atoms with van der Waals surface area (Å²) in [7, 11) is 0. The second-order valence-corrected chi connectivity index (χ2v) is 4.55. The number of para-hydroxylation sites is 1. The fourth-order valence-corrected chi connectivity index (χ4v) is 2.08. The Labute approximate surface area is 116 Å². The highest BCUT2D eigenvalue weighted by atomic mass is 16.2. The minimum Gasteiger partial charge on any atom is -0.356 e. The zero-order chi connectivity index (χ0) is 14.5. The Kier molecular flexibility index (Phi) is 4.34. The summed E-state index contributed by atoms with van der Waals surface area (Å²) >= 11 is 0. The first-order valence-corrected chi connectivity index (χ1v) is 6.59. The van der Waals surface area contributed by atoms with Crippen molar-refractivity contribution >= 4 is 23.4 Å². The van der Waals surface area contributed by atoms with Gasteiger partial charge in [0.2, 0.25) is 11.8 Å². The fourth-order valence-electron chi connectivity index (χ4n) is 2.08. The van der Waals surface area contributed by atoms with Gasteiger partial charge >= 0.3 is 0 Å². The van der Waals surface area contributed by atoms with Gasteiger partial charge in [-0.25, -0.2) is 0 Å². The number of benzene rings is 1. The molecule has 1 aliphatic rings. The third-order valence-electron chi connectivity index (χ3n) is 3.09. The molecular weight excluding hydrogens is 258 g/mol. The Morgan fingerprint density at radius 3 is 2.80 bits per heavy atom. The second kappa shape index (κ2) is 6.18. The van der Waals surface area contributed by atoms with Gasteiger partial charge in [0.05, 0.1) is 11.3 Å². The number of hydrogen-bond acceptors (Lipinski definition) is 3. The van der Waals surface area contributed by atoms with E-state index >= 15 is 0 Å². The molecule has 6 nitrogen and oxygen atoms in total. The number of nitrogens with one attached hydrogen (secondary N) is 3. The van der Waals surface area contributed by atoms with Crippen molar-refractivity contribution in [3.63, 3.8) is 0 Å². The third-order valence-corrected chi connectivity index (χ3v) is 3.09. The van der Waals surface area contributed by atoms with Gasteiger partial charge in [0.25, 0.3) is 5.91 Å². The van der Waals surface area contributed by atoms with Crippen LogP contribution in [0.15, 0.2) is 24.3 Å². The van der Waals surface area contributed by atoms with E-state index in [1.807, 2.05) is 6.92 Å². The Balaban J connectivity index is 2.06. The van der Waals surface area contributed by atoms with Gasteiger partial charge in [-0.15, -0.1) is 0 Å². The first-order chi connectivity index (χ1) is 9.61. The molecule has 0 bridgehead atoms. The highest BCUT2D eigenvalue weighted by Crippen LogP contribution is 2.19. The van der Waals surface area contributed by atoms with Crippen LogP contribution in [0.4, 0.5) is 5.69 Å². The van der Waals surface area contributed by atoms with Crippen LogP contribution in [0, 0.1) is 0 Å². The second-order valence-electron chi connectivity index (χ2n) is 4.55. The van der Waals surface area contributed by atoms with E-state index in [2.05, 4.69) is 16.0 Å². The van der Waals surface area contributed by atoms with Gasteiger partial charge < -0.3 is 16.0 Å². The summed E-state index contributed by atoms with van der Waals surface area (Å²) in [6.07, 6.45) is 0.472. The van der Waals surface area contributed by atoms with Gasteiger partial charge in [0.1, 0.15) is 6.04 Å². The number of rotatable bonds is 4. The van der Waals surface area contributed by atoms with Crippen LogP contribution in [-0.4, -0.2) is 30.3 Å². The predicted molar refractivity (Wildman–Crippen MR) is 74.2 cm³/mol. The van der Waals surface area contributed by atoms with E-state index in [0.717, 1.165) is 0 Å². The summed E-state index contributed by atoms with van der Waals surface area (Å²) in [5, 5.41) is 8.02. The third kappa shape index (κ3) is 3.14. The molecule has 1 aromatic rings. The largest absolute Gasteiger partial charge is 0.356 e. The van der Waals surface area contributed by atoms with Crippen LogP contribution >= 0.6 is 0 Å². The molecule has 0 saturated carbocycles. The minimum atomic E-state index is -0.697. The lowest BCUT2D eigenvalue weighted by Gasteiger charge is -2.14. The highest BCUT2D eigenvalue weighted by molar-refractivity contribution is 6.09. The molecule has 0 radical (unpaired) electrons. The summed E-state index contributed by atoms with van der Waals surface area (Å²) in [5.74, 6) is -0.733. The molecule has 3 amide bonds. The standard InChI is InChI=1S/C14H17N3O3/c1-2-15-12(18)8-7-11-14(20)16-10-6-4-3-5-9(10)13(19)17-11/h3-6,11H,2,7-8H2,1H3,(H,15,18)(H,16,20)(H,17,19). The Morgan fingerprint density at radius 2 is 2.05 bits per heavy atom. The maximum atomic E-state index is 12.0. The summed E-state index contributed by atoms with van der Waals surface area (Å²) < 4.78 is 0. The van der Waals surface area contributed by atoms with Crippen molar-refractivity contribution in [2.75, 3.05) is 11.9 Å². The van der Waals surface area contributed by atoms with Gasteiger partial charge in [-0.05, 0) is 25.5 Å². The van der Waals surface area contributed by atoms with Crippen LogP contribution in [-0.2, 0) is 9.59 Å². The maximum absolute atomic E-state index is 12.0. The molecule has 0 fully saturated rings. The first-order valence-electron chi connectivity index (χ1n) is 6.59. The van der Waals surface area contributed by atoms with Crippen LogP contribution in [0.25, 0.3) is 0 Å². The van der Waals surface area contributed by atoms with E-state index in [4.69, 9.17) is 0 Å². The number of fused-ring (bicyclic) bond motifs is 1.